The minimum absolute atomic E-state index is 0.508. The second kappa shape index (κ2) is 9.32. The summed E-state index contributed by atoms with van der Waals surface area (Å²) < 4.78 is 0. The molecule has 3 atom stereocenters. The molecular weight excluding hydrogens is 264 g/mol. The first-order chi connectivity index (χ1) is 9.53. The minimum atomic E-state index is 0.508. The number of hydrogen-bond donors (Lipinski definition) is 1. The average molecular weight is 301 g/mol. The molecule has 0 radical (unpaired) electrons. The summed E-state index contributed by atoms with van der Waals surface area (Å²) >= 11 is 1.96. The Morgan fingerprint density at radius 3 is 2.80 bits per heavy atom. The van der Waals surface area contributed by atoms with Crippen molar-refractivity contribution in [2.45, 2.75) is 58.9 Å². The van der Waals surface area contributed by atoms with E-state index >= 15 is 0 Å². The Morgan fingerprint density at radius 2 is 2.20 bits per heavy atom. The largest absolute Gasteiger partial charge is 0.316 e. The van der Waals surface area contributed by atoms with E-state index in [2.05, 4.69) is 44.3 Å². The van der Waals surface area contributed by atoms with Crippen LogP contribution in [0.2, 0.25) is 0 Å². The fourth-order valence-electron chi connectivity index (χ4n) is 3.71. The van der Waals surface area contributed by atoms with Crippen LogP contribution < -0.4 is 5.32 Å². The minimum Gasteiger partial charge on any atom is -0.316 e. The first-order valence-electron chi connectivity index (χ1n) is 8.43. The van der Waals surface area contributed by atoms with E-state index in [-0.39, 0.29) is 0 Å². The first kappa shape index (κ1) is 18.3. The Kier molecular flexibility index (Phi) is 8.54. The summed E-state index contributed by atoms with van der Waals surface area (Å²) in [5.74, 6) is 2.14. The van der Waals surface area contributed by atoms with Crippen molar-refractivity contribution in [1.82, 2.24) is 10.2 Å². The predicted octanol–water partition coefficient (Wildman–Crippen LogP) is 3.87. The maximum atomic E-state index is 3.71. The van der Waals surface area contributed by atoms with Crippen LogP contribution in [0.1, 0.15) is 52.9 Å². The number of hydrogen-bond acceptors (Lipinski definition) is 3. The molecule has 20 heavy (non-hydrogen) atoms. The molecule has 3 unspecified atom stereocenters. The van der Waals surface area contributed by atoms with Gasteiger partial charge in [-0.25, -0.2) is 0 Å². The zero-order valence-electron chi connectivity index (χ0n) is 14.4. The van der Waals surface area contributed by atoms with Gasteiger partial charge in [0.05, 0.1) is 0 Å². The summed E-state index contributed by atoms with van der Waals surface area (Å²) in [5.41, 5.74) is 0.508. The molecule has 0 aromatic carbocycles. The summed E-state index contributed by atoms with van der Waals surface area (Å²) in [6.07, 6.45) is 9.11. The highest BCUT2D eigenvalue weighted by Gasteiger charge is 2.36. The van der Waals surface area contributed by atoms with E-state index in [4.69, 9.17) is 0 Å². The highest BCUT2D eigenvalue weighted by Crippen LogP contribution is 2.39. The van der Waals surface area contributed by atoms with Crippen LogP contribution in [0.25, 0.3) is 0 Å². The maximum absolute atomic E-state index is 3.71. The van der Waals surface area contributed by atoms with Crippen molar-refractivity contribution in [3.8, 4) is 0 Å². The molecule has 1 saturated carbocycles. The van der Waals surface area contributed by atoms with Gasteiger partial charge in [0.2, 0.25) is 0 Å². The molecule has 0 aliphatic heterocycles. The van der Waals surface area contributed by atoms with Crippen LogP contribution in [0, 0.1) is 11.3 Å². The molecule has 0 bridgehead atoms. The third kappa shape index (κ3) is 5.95. The zero-order chi connectivity index (χ0) is 15.0. The fourth-order valence-corrected chi connectivity index (χ4v) is 4.45. The van der Waals surface area contributed by atoms with Crippen LogP contribution >= 0.6 is 11.8 Å². The summed E-state index contributed by atoms with van der Waals surface area (Å²) in [5, 5.41) is 3.71. The SMILES string of the molecule is CCCNCC1(CN(C)C(C)CSC)CCCC(C)C1. The summed E-state index contributed by atoms with van der Waals surface area (Å²) in [7, 11) is 2.32. The zero-order valence-corrected chi connectivity index (χ0v) is 15.2. The molecule has 0 amide bonds. The van der Waals surface area contributed by atoms with E-state index < -0.39 is 0 Å². The molecule has 0 heterocycles. The highest BCUT2D eigenvalue weighted by atomic mass is 32.2. The molecular formula is C17H36N2S. The van der Waals surface area contributed by atoms with E-state index in [9.17, 15) is 0 Å². The molecule has 0 aromatic rings. The highest BCUT2D eigenvalue weighted by molar-refractivity contribution is 7.98. The van der Waals surface area contributed by atoms with Crippen molar-refractivity contribution in [2.24, 2.45) is 11.3 Å². The van der Waals surface area contributed by atoms with E-state index in [1.165, 1.54) is 57.5 Å². The molecule has 120 valence electrons. The van der Waals surface area contributed by atoms with Gasteiger partial charge in [0.1, 0.15) is 0 Å². The molecule has 0 aromatic heterocycles. The van der Waals surface area contributed by atoms with Crippen molar-refractivity contribution in [1.29, 1.82) is 0 Å². The number of nitrogens with one attached hydrogen (secondary N) is 1. The lowest BCUT2D eigenvalue weighted by atomic mass is 9.69. The molecule has 0 spiro atoms. The standard InChI is InChI=1S/C17H36N2S/c1-6-10-18-13-17(9-7-8-15(2)11-17)14-19(4)16(3)12-20-5/h15-16,18H,6-14H2,1-5H3. The third-order valence-corrected chi connectivity index (χ3v) is 5.67. The molecule has 1 aliphatic rings. The molecule has 3 heteroatoms. The van der Waals surface area contributed by atoms with Gasteiger partial charge in [0, 0.05) is 24.9 Å². The summed E-state index contributed by atoms with van der Waals surface area (Å²) in [6, 6.07) is 0.685. The monoisotopic (exact) mass is 300 g/mol. The van der Waals surface area contributed by atoms with Crippen molar-refractivity contribution in [2.75, 3.05) is 38.7 Å². The van der Waals surface area contributed by atoms with Gasteiger partial charge in [-0.1, -0.05) is 26.7 Å². The molecule has 1 fully saturated rings. The van der Waals surface area contributed by atoms with Crippen LogP contribution in [0.3, 0.4) is 0 Å². The van der Waals surface area contributed by atoms with Crippen molar-refractivity contribution >= 4 is 11.8 Å². The Bertz CT molecular complexity index is 259. The number of nitrogens with zero attached hydrogens (tertiary/aromatic N) is 1. The molecule has 2 nitrogen and oxygen atoms in total. The first-order valence-corrected chi connectivity index (χ1v) is 9.82. The Balaban J connectivity index is 2.61. The second-order valence-corrected chi connectivity index (χ2v) is 8.01. The molecule has 0 saturated heterocycles. The van der Waals surface area contributed by atoms with Gasteiger partial charge >= 0.3 is 0 Å². The smallest absolute Gasteiger partial charge is 0.0155 e. The van der Waals surface area contributed by atoms with Gasteiger partial charge in [0.15, 0.2) is 0 Å². The Morgan fingerprint density at radius 1 is 1.45 bits per heavy atom. The van der Waals surface area contributed by atoms with Crippen LogP contribution in [-0.4, -0.2) is 49.6 Å². The van der Waals surface area contributed by atoms with Crippen LogP contribution in [0.4, 0.5) is 0 Å². The van der Waals surface area contributed by atoms with Crippen molar-refractivity contribution < 1.29 is 0 Å². The van der Waals surface area contributed by atoms with Gasteiger partial charge < -0.3 is 10.2 Å². The quantitative estimate of drug-likeness (QED) is 0.651. The van der Waals surface area contributed by atoms with Crippen LogP contribution in [-0.2, 0) is 0 Å². The lowest BCUT2D eigenvalue weighted by molar-refractivity contribution is 0.0802. The van der Waals surface area contributed by atoms with Gasteiger partial charge in [-0.3, -0.25) is 0 Å². The summed E-state index contributed by atoms with van der Waals surface area (Å²) in [4.78, 5) is 2.60. The van der Waals surface area contributed by atoms with E-state index in [1.54, 1.807) is 0 Å². The third-order valence-electron chi connectivity index (χ3n) is 4.86. The van der Waals surface area contributed by atoms with Gasteiger partial charge in [-0.2, -0.15) is 11.8 Å². The summed E-state index contributed by atoms with van der Waals surface area (Å²) in [6.45, 7) is 10.7. The van der Waals surface area contributed by atoms with Crippen molar-refractivity contribution in [3.05, 3.63) is 0 Å². The van der Waals surface area contributed by atoms with E-state index in [0.717, 1.165) is 5.92 Å². The van der Waals surface area contributed by atoms with Crippen LogP contribution in [0.15, 0.2) is 0 Å². The predicted molar refractivity (Wildman–Crippen MR) is 93.7 cm³/mol. The molecule has 1 aliphatic carbocycles. The van der Waals surface area contributed by atoms with Crippen LogP contribution in [0.5, 0.6) is 0 Å². The lowest BCUT2D eigenvalue weighted by Gasteiger charge is -2.44. The van der Waals surface area contributed by atoms with E-state index in [1.807, 2.05) is 11.8 Å². The number of thioether (sulfide) groups is 1. The topological polar surface area (TPSA) is 15.3 Å². The lowest BCUT2D eigenvalue weighted by Crippen LogP contribution is -2.48. The van der Waals surface area contributed by atoms with Crippen molar-refractivity contribution in [3.63, 3.8) is 0 Å². The maximum Gasteiger partial charge on any atom is 0.0155 e. The second-order valence-electron chi connectivity index (χ2n) is 7.10. The Labute approximate surface area is 131 Å². The Hall–Kier alpha value is 0.270. The molecule has 1 N–H and O–H groups in total. The molecule has 1 rings (SSSR count). The normalized spacial score (nSPS) is 28.8. The van der Waals surface area contributed by atoms with Gasteiger partial charge in [-0.05, 0) is 57.4 Å². The van der Waals surface area contributed by atoms with E-state index in [0.29, 0.717) is 11.5 Å². The average Bonchev–Trinajstić information content (AvgIpc) is 2.39. The fraction of sp³-hybridized carbons (Fsp3) is 1.00. The van der Waals surface area contributed by atoms with Gasteiger partial charge in [0.25, 0.3) is 0 Å². The van der Waals surface area contributed by atoms with Gasteiger partial charge in [-0.15, -0.1) is 0 Å². The number of rotatable bonds is 9.